The van der Waals surface area contributed by atoms with Gasteiger partial charge in [-0.3, -0.25) is 14.4 Å². The number of hydrogen-bond donors (Lipinski definition) is 2. The molecule has 0 aromatic heterocycles. The van der Waals surface area contributed by atoms with Crippen LogP contribution in [0.1, 0.15) is 65.9 Å². The molecule has 1 aliphatic carbocycles. The molecule has 2 aromatic rings. The van der Waals surface area contributed by atoms with Crippen molar-refractivity contribution >= 4 is 22.5 Å². The first-order chi connectivity index (χ1) is 16.9. The van der Waals surface area contributed by atoms with Crippen LogP contribution in [-0.2, 0) is 17.4 Å². The highest BCUT2D eigenvalue weighted by molar-refractivity contribution is 7.73. The minimum absolute atomic E-state index is 0.0368. The number of rotatable bonds is 3. The van der Waals surface area contributed by atoms with E-state index in [-0.39, 0.29) is 23.8 Å². The number of amides is 1. The van der Waals surface area contributed by atoms with Crippen LogP contribution >= 0.6 is 0 Å². The summed E-state index contributed by atoms with van der Waals surface area (Å²) >= 11 is 0. The summed E-state index contributed by atoms with van der Waals surface area (Å²) < 4.78 is 54.0. The van der Waals surface area contributed by atoms with Gasteiger partial charge in [0, 0.05) is 43.5 Å². The molecule has 2 fully saturated rings. The van der Waals surface area contributed by atoms with Crippen LogP contribution in [0.5, 0.6) is 0 Å². The highest BCUT2D eigenvalue weighted by Crippen LogP contribution is 2.43. The first-order valence-electron chi connectivity index (χ1n) is 12.4. The zero-order chi connectivity index (χ0) is 24.5. The summed E-state index contributed by atoms with van der Waals surface area (Å²) in [6.07, 6.45) is 5.83. The average molecular weight is 504 g/mol. The van der Waals surface area contributed by atoms with E-state index in [0.29, 0.717) is 43.0 Å². The van der Waals surface area contributed by atoms with Gasteiger partial charge in [0.15, 0.2) is 11.6 Å². The summed E-state index contributed by atoms with van der Waals surface area (Å²) in [6.45, 7) is 2.41. The lowest BCUT2D eigenvalue weighted by atomic mass is 9.73. The molecule has 188 valence electrons. The zero-order valence-corrected chi connectivity index (χ0v) is 20.5. The normalized spacial score (nSPS) is 26.5. The summed E-state index contributed by atoms with van der Waals surface area (Å²) in [7, 11) is -2.78. The van der Waals surface area contributed by atoms with Crippen LogP contribution in [0.2, 0.25) is 0 Å². The minimum atomic E-state index is -2.78. The Labute approximate surface area is 206 Å². The van der Waals surface area contributed by atoms with E-state index in [1.807, 2.05) is 11.0 Å². The summed E-state index contributed by atoms with van der Waals surface area (Å²) in [6, 6.07) is 9.51. The van der Waals surface area contributed by atoms with Gasteiger partial charge in [-0.1, -0.05) is 31.7 Å². The molecule has 4 atom stereocenters. The molecule has 9 heteroatoms. The fraction of sp³-hybridized carbons (Fsp3) is 0.500. The second-order valence-electron chi connectivity index (χ2n) is 9.99. The average Bonchev–Trinajstić information content (AvgIpc) is 2.84. The van der Waals surface area contributed by atoms with Gasteiger partial charge in [-0.05, 0) is 66.1 Å². The molecule has 2 unspecified atom stereocenters. The Bertz CT molecular complexity index is 1160. The van der Waals surface area contributed by atoms with Gasteiger partial charge >= 0.3 is 0 Å². The van der Waals surface area contributed by atoms with Gasteiger partial charge in [0.05, 0.1) is 0 Å². The van der Waals surface area contributed by atoms with Gasteiger partial charge in [0.2, 0.25) is 10.9 Å². The number of halogens is 2. The third kappa shape index (κ3) is 5.07. The van der Waals surface area contributed by atoms with Crippen molar-refractivity contribution in [2.24, 2.45) is 5.92 Å². The molecule has 6 nitrogen and oxygen atoms in total. The number of anilines is 1. The molecule has 3 aliphatic rings. The van der Waals surface area contributed by atoms with Gasteiger partial charge in [-0.2, -0.15) is 0 Å². The first-order valence-corrected chi connectivity index (χ1v) is 13.6. The third-order valence-electron chi connectivity index (χ3n) is 7.85. The van der Waals surface area contributed by atoms with Crippen LogP contribution in [0.4, 0.5) is 14.5 Å². The summed E-state index contributed by atoms with van der Waals surface area (Å²) in [5.74, 6) is -1.73. The number of nitrogens with zero attached hydrogens (tertiary/aromatic N) is 2. The fourth-order valence-electron chi connectivity index (χ4n) is 6.24. The molecule has 1 saturated heterocycles. The molecule has 1 amide bonds. The highest BCUT2D eigenvalue weighted by atomic mass is 32.2. The van der Waals surface area contributed by atoms with E-state index in [1.54, 1.807) is 24.3 Å². The lowest BCUT2D eigenvalue weighted by Gasteiger charge is -2.47. The van der Waals surface area contributed by atoms with Gasteiger partial charge in [0.1, 0.15) is 0 Å². The topological polar surface area (TPSA) is 69.7 Å². The summed E-state index contributed by atoms with van der Waals surface area (Å²) in [4.78, 5) is 17.9. The second-order valence-corrected chi connectivity index (χ2v) is 10.7. The van der Waals surface area contributed by atoms with Gasteiger partial charge in [-0.25, -0.2) is 17.2 Å². The van der Waals surface area contributed by atoms with Gasteiger partial charge < -0.3 is 4.90 Å². The second kappa shape index (κ2) is 10.2. The van der Waals surface area contributed by atoms with E-state index in [4.69, 9.17) is 0 Å². The van der Waals surface area contributed by atoms with Crippen LogP contribution in [0, 0.1) is 17.6 Å². The third-order valence-corrected chi connectivity index (χ3v) is 8.29. The van der Waals surface area contributed by atoms with Crippen molar-refractivity contribution in [3.63, 3.8) is 0 Å². The molecule has 1 saturated carbocycles. The molecule has 2 aliphatic heterocycles. The van der Waals surface area contributed by atoms with E-state index >= 15 is 4.39 Å². The maximum Gasteiger partial charge on any atom is 0.254 e. The molecule has 1 N–H and O–H groups in total. The SMILES string of the molecule is O=C(c1ccc(N[SH](=O)=O)cc1)N1CCN2Cc3cc(F)c(F)c(c3)C3CCCCCC[C@H]3[C@H]1C2. The van der Waals surface area contributed by atoms with Crippen molar-refractivity contribution in [1.29, 1.82) is 0 Å². The van der Waals surface area contributed by atoms with Crippen LogP contribution in [0.25, 0.3) is 0 Å². The van der Waals surface area contributed by atoms with Crippen molar-refractivity contribution in [2.75, 3.05) is 24.4 Å². The predicted octanol–water partition coefficient (Wildman–Crippen LogP) is 4.30. The van der Waals surface area contributed by atoms with Crippen LogP contribution in [0.3, 0.4) is 0 Å². The molecule has 5 rings (SSSR count). The number of hydrogen-bond acceptors (Lipinski definition) is 4. The molecular formula is C26H31F2N3O3S. The predicted molar refractivity (Wildman–Crippen MR) is 131 cm³/mol. The van der Waals surface area contributed by atoms with Crippen molar-refractivity contribution in [1.82, 2.24) is 9.80 Å². The number of fused-ring (bicyclic) bond motifs is 7. The number of thiol groups is 1. The Hall–Kier alpha value is -2.52. The first kappa shape index (κ1) is 24.2. The van der Waals surface area contributed by atoms with E-state index in [2.05, 4.69) is 9.62 Å². The molecule has 0 spiro atoms. The smallest absolute Gasteiger partial charge is 0.254 e. The number of benzene rings is 2. The maximum atomic E-state index is 15.1. The van der Waals surface area contributed by atoms with E-state index < -0.39 is 22.5 Å². The Morgan fingerprint density at radius 1 is 0.971 bits per heavy atom. The van der Waals surface area contributed by atoms with Crippen LogP contribution in [0.15, 0.2) is 36.4 Å². The zero-order valence-electron chi connectivity index (χ0n) is 19.6. The maximum absolute atomic E-state index is 15.1. The minimum Gasteiger partial charge on any atom is -0.333 e. The Balaban J connectivity index is 1.51. The van der Waals surface area contributed by atoms with Crippen molar-refractivity contribution in [2.45, 2.75) is 57.0 Å². The highest BCUT2D eigenvalue weighted by Gasteiger charge is 2.42. The Morgan fingerprint density at radius 3 is 2.46 bits per heavy atom. The Morgan fingerprint density at radius 2 is 1.71 bits per heavy atom. The summed E-state index contributed by atoms with van der Waals surface area (Å²) in [5.41, 5.74) is 2.15. The quantitative estimate of drug-likeness (QED) is 0.613. The lowest BCUT2D eigenvalue weighted by Crippen LogP contribution is -2.58. The largest absolute Gasteiger partial charge is 0.333 e. The number of piperazine rings is 1. The molecular weight excluding hydrogens is 472 g/mol. The molecule has 4 bridgehead atoms. The van der Waals surface area contributed by atoms with Gasteiger partial charge in [-0.15, -0.1) is 0 Å². The molecule has 0 radical (unpaired) electrons. The van der Waals surface area contributed by atoms with Crippen LogP contribution in [-0.4, -0.2) is 49.8 Å². The van der Waals surface area contributed by atoms with E-state index in [1.165, 1.54) is 6.07 Å². The standard InChI is InChI=1S/C26H31F2N3O3S/c27-23-14-17-13-22(25(23)28)20-5-3-1-2-4-6-21(20)24-16-30(15-17)11-12-31(24)26(32)18-7-9-19(10-8-18)29-35(33)34/h7-10,13-14,20-21,24,35H,1-6,11-12,15-16H2,(H,29,33,34)/t20?,21-,24-/m1/s1. The lowest BCUT2D eigenvalue weighted by molar-refractivity contribution is 0.0213. The van der Waals surface area contributed by atoms with Crippen molar-refractivity contribution < 1.29 is 22.0 Å². The van der Waals surface area contributed by atoms with Gasteiger partial charge in [0.25, 0.3) is 5.91 Å². The van der Waals surface area contributed by atoms with E-state index in [0.717, 1.165) is 44.1 Å². The Kier molecular flexibility index (Phi) is 7.07. The van der Waals surface area contributed by atoms with Crippen LogP contribution < -0.4 is 4.72 Å². The van der Waals surface area contributed by atoms with Crippen molar-refractivity contribution in [3.05, 3.63) is 64.7 Å². The van der Waals surface area contributed by atoms with Crippen molar-refractivity contribution in [3.8, 4) is 0 Å². The fourth-order valence-corrected chi connectivity index (χ4v) is 6.60. The monoisotopic (exact) mass is 503 g/mol. The number of nitrogens with one attached hydrogen (secondary N) is 1. The molecule has 2 aromatic carbocycles. The molecule has 35 heavy (non-hydrogen) atoms. The molecule has 2 heterocycles. The summed E-state index contributed by atoms with van der Waals surface area (Å²) in [5, 5.41) is 0. The number of carbonyl (C=O) groups excluding carboxylic acids is 1. The number of carbonyl (C=O) groups is 1. The van der Waals surface area contributed by atoms with E-state index in [9.17, 15) is 17.6 Å².